The lowest BCUT2D eigenvalue weighted by Gasteiger charge is -2.35. The largest absolute Gasteiger partial charge is 0.573 e. The first-order valence-electron chi connectivity index (χ1n) is 11.1. The summed E-state index contributed by atoms with van der Waals surface area (Å²) in [5, 5.41) is -1.08. The van der Waals surface area contributed by atoms with Crippen LogP contribution in [0.3, 0.4) is 0 Å². The first-order valence-corrected chi connectivity index (χ1v) is 14.5. The molecule has 7 nitrogen and oxygen atoms in total. The minimum absolute atomic E-state index is 0. The minimum Gasteiger partial charge on any atom is -0.406 e. The van der Waals surface area contributed by atoms with Crippen LogP contribution in [0.4, 0.5) is 26.3 Å². The van der Waals surface area contributed by atoms with Crippen LogP contribution in [0, 0.1) is 5.92 Å². The van der Waals surface area contributed by atoms with Crippen molar-refractivity contribution in [1.82, 2.24) is 4.90 Å². The van der Waals surface area contributed by atoms with E-state index in [2.05, 4.69) is 4.74 Å². The standard InChI is InChI=1S/C23H23F6NO6S2.CH4/c1-14(38(34,35)18-5-3-4-16(12-18)22(24,25)26)15-8-10-30(11-9-15)21(31)19-7-6-17(36-23(27,28)29)13-20(19)37(2,32)33;/h3-7,12-15H,8-11H2,1-2H3;1H4/t14-;/m0./s1. The van der Waals surface area contributed by atoms with Crippen molar-refractivity contribution >= 4 is 25.6 Å². The molecule has 0 radical (unpaired) electrons. The molecule has 1 fully saturated rings. The Kier molecular flexibility index (Phi) is 9.43. The van der Waals surface area contributed by atoms with E-state index in [9.17, 15) is 48.0 Å². The lowest BCUT2D eigenvalue weighted by Crippen LogP contribution is -2.42. The average molecular weight is 604 g/mol. The van der Waals surface area contributed by atoms with Crippen LogP contribution in [0.2, 0.25) is 0 Å². The highest BCUT2D eigenvalue weighted by molar-refractivity contribution is 7.92. The number of ether oxygens (including phenoxy) is 1. The van der Waals surface area contributed by atoms with E-state index in [1.165, 1.54) is 11.8 Å². The summed E-state index contributed by atoms with van der Waals surface area (Å²) in [6.07, 6.45) is -8.78. The van der Waals surface area contributed by atoms with Crippen molar-refractivity contribution in [2.45, 2.75) is 54.8 Å². The molecular formula is C24H27F6NO6S2. The molecule has 1 heterocycles. The van der Waals surface area contributed by atoms with Gasteiger partial charge in [0.2, 0.25) is 0 Å². The molecule has 0 spiro atoms. The van der Waals surface area contributed by atoms with Gasteiger partial charge in [0, 0.05) is 19.3 Å². The van der Waals surface area contributed by atoms with Gasteiger partial charge in [-0.3, -0.25) is 4.79 Å². The van der Waals surface area contributed by atoms with Crippen molar-refractivity contribution in [3.05, 3.63) is 53.6 Å². The summed E-state index contributed by atoms with van der Waals surface area (Å²) >= 11 is 0. The number of alkyl halides is 6. The molecule has 0 saturated carbocycles. The van der Waals surface area contributed by atoms with E-state index < -0.39 is 70.4 Å². The molecule has 1 amide bonds. The Morgan fingerprint density at radius 3 is 2.08 bits per heavy atom. The Morgan fingerprint density at radius 2 is 1.56 bits per heavy atom. The van der Waals surface area contributed by atoms with Gasteiger partial charge in [0.1, 0.15) is 5.75 Å². The van der Waals surface area contributed by atoms with E-state index in [4.69, 9.17) is 0 Å². The molecule has 2 aromatic carbocycles. The Morgan fingerprint density at radius 1 is 0.974 bits per heavy atom. The van der Waals surface area contributed by atoms with Crippen LogP contribution >= 0.6 is 0 Å². The summed E-state index contributed by atoms with van der Waals surface area (Å²) in [6.45, 7) is 1.37. The molecule has 15 heteroatoms. The highest BCUT2D eigenvalue weighted by atomic mass is 32.2. The van der Waals surface area contributed by atoms with Crippen LogP contribution in [0.5, 0.6) is 5.75 Å². The molecule has 0 aliphatic carbocycles. The van der Waals surface area contributed by atoms with E-state index >= 15 is 0 Å². The molecule has 1 aliphatic heterocycles. The first-order chi connectivity index (χ1) is 17.3. The van der Waals surface area contributed by atoms with Crippen LogP contribution in [0.1, 0.15) is 43.1 Å². The van der Waals surface area contributed by atoms with Gasteiger partial charge in [-0.1, -0.05) is 13.5 Å². The predicted octanol–water partition coefficient (Wildman–Crippen LogP) is 5.36. The van der Waals surface area contributed by atoms with Gasteiger partial charge in [-0.25, -0.2) is 16.8 Å². The van der Waals surface area contributed by atoms with E-state index in [0.29, 0.717) is 12.1 Å². The summed E-state index contributed by atoms with van der Waals surface area (Å²) in [7, 11) is -8.28. The van der Waals surface area contributed by atoms with Crippen molar-refractivity contribution in [1.29, 1.82) is 0 Å². The molecule has 1 aliphatic rings. The highest BCUT2D eigenvalue weighted by Gasteiger charge is 2.37. The zero-order chi connectivity index (χ0) is 28.7. The maximum atomic E-state index is 13.1. The third-order valence-electron chi connectivity index (χ3n) is 6.29. The van der Waals surface area contributed by atoms with Crippen molar-refractivity contribution in [2.75, 3.05) is 19.3 Å². The number of carbonyl (C=O) groups is 1. The van der Waals surface area contributed by atoms with Crippen LogP contribution in [-0.2, 0) is 25.9 Å². The van der Waals surface area contributed by atoms with Crippen LogP contribution < -0.4 is 4.74 Å². The normalized spacial score (nSPS) is 16.4. The number of hydrogen-bond acceptors (Lipinski definition) is 6. The SMILES string of the molecule is C.C[C@@H](C1CCN(C(=O)c2ccc(OC(F)(F)F)cc2S(C)(=O)=O)CC1)S(=O)(=O)c1cccc(C(F)(F)F)c1. The average Bonchev–Trinajstić information content (AvgIpc) is 2.81. The van der Waals surface area contributed by atoms with Crippen LogP contribution in [-0.4, -0.2) is 58.6 Å². The number of carbonyl (C=O) groups excluding carboxylic acids is 1. The zero-order valence-electron chi connectivity index (χ0n) is 20.0. The lowest BCUT2D eigenvalue weighted by molar-refractivity contribution is -0.274. The van der Waals surface area contributed by atoms with Gasteiger partial charge in [0.15, 0.2) is 19.7 Å². The van der Waals surface area contributed by atoms with Gasteiger partial charge in [-0.05, 0) is 62.1 Å². The summed E-state index contributed by atoms with van der Waals surface area (Å²) < 4.78 is 131. The third-order valence-corrected chi connectivity index (χ3v) is 9.70. The number of amides is 1. The van der Waals surface area contributed by atoms with Gasteiger partial charge in [0.05, 0.1) is 26.2 Å². The van der Waals surface area contributed by atoms with Crippen molar-refractivity contribution in [3.63, 3.8) is 0 Å². The summed E-state index contributed by atoms with van der Waals surface area (Å²) in [5.74, 6) is -2.12. The number of benzene rings is 2. The van der Waals surface area contributed by atoms with Crippen LogP contribution in [0.25, 0.3) is 0 Å². The predicted molar refractivity (Wildman–Crippen MR) is 130 cm³/mol. The Balaban J connectivity index is 0.00000533. The monoisotopic (exact) mass is 603 g/mol. The highest BCUT2D eigenvalue weighted by Crippen LogP contribution is 2.34. The number of nitrogens with zero attached hydrogens (tertiary/aromatic N) is 1. The van der Waals surface area contributed by atoms with Gasteiger partial charge in [-0.15, -0.1) is 13.2 Å². The van der Waals surface area contributed by atoms with E-state index in [-0.39, 0.29) is 38.9 Å². The quantitative estimate of drug-likeness (QED) is 0.413. The number of likely N-dealkylation sites (tertiary alicyclic amines) is 1. The Hall–Kier alpha value is -2.81. The molecule has 1 atom stereocenters. The summed E-state index contributed by atoms with van der Waals surface area (Å²) in [6, 6.07) is 5.75. The molecule has 2 aromatic rings. The van der Waals surface area contributed by atoms with Crippen molar-refractivity contribution in [3.8, 4) is 5.75 Å². The molecule has 0 aromatic heterocycles. The zero-order valence-corrected chi connectivity index (χ0v) is 21.6. The van der Waals surface area contributed by atoms with Gasteiger partial charge in [0.25, 0.3) is 5.91 Å². The number of hydrogen-bond donors (Lipinski definition) is 0. The molecule has 0 unspecified atom stereocenters. The van der Waals surface area contributed by atoms with E-state index in [1.807, 2.05) is 0 Å². The third kappa shape index (κ3) is 7.65. The minimum atomic E-state index is -5.08. The number of halogens is 6. The second-order valence-electron chi connectivity index (χ2n) is 8.88. The number of rotatable bonds is 6. The second kappa shape index (κ2) is 11.4. The van der Waals surface area contributed by atoms with Gasteiger partial charge < -0.3 is 9.64 Å². The molecule has 1 saturated heterocycles. The Bertz CT molecular complexity index is 1410. The van der Waals surface area contributed by atoms with E-state index in [0.717, 1.165) is 36.6 Å². The fourth-order valence-electron chi connectivity index (χ4n) is 4.24. The topological polar surface area (TPSA) is 97.8 Å². The number of sulfone groups is 2. The molecule has 39 heavy (non-hydrogen) atoms. The molecular weight excluding hydrogens is 576 g/mol. The fraction of sp³-hybridized carbons (Fsp3) is 0.458. The maximum absolute atomic E-state index is 13.1. The Labute approximate surface area is 222 Å². The molecule has 0 N–H and O–H groups in total. The molecule has 3 rings (SSSR count). The first kappa shape index (κ1) is 32.4. The van der Waals surface area contributed by atoms with Gasteiger partial charge in [-0.2, -0.15) is 13.2 Å². The lowest BCUT2D eigenvalue weighted by atomic mass is 9.93. The van der Waals surface area contributed by atoms with Crippen molar-refractivity contribution < 1.29 is 52.7 Å². The second-order valence-corrected chi connectivity index (χ2v) is 13.2. The maximum Gasteiger partial charge on any atom is 0.573 e. The van der Waals surface area contributed by atoms with Crippen LogP contribution in [0.15, 0.2) is 52.3 Å². The number of piperidine rings is 1. The molecule has 0 bridgehead atoms. The smallest absolute Gasteiger partial charge is 0.406 e. The molecule has 218 valence electrons. The van der Waals surface area contributed by atoms with E-state index in [1.54, 1.807) is 0 Å². The fourth-order valence-corrected chi connectivity index (χ4v) is 6.90. The van der Waals surface area contributed by atoms with Crippen molar-refractivity contribution in [2.24, 2.45) is 5.92 Å². The summed E-state index contributed by atoms with van der Waals surface area (Å²) in [5.41, 5.74) is -1.47. The summed E-state index contributed by atoms with van der Waals surface area (Å²) in [4.78, 5) is 13.2. The van der Waals surface area contributed by atoms with Gasteiger partial charge >= 0.3 is 12.5 Å².